The van der Waals surface area contributed by atoms with Gasteiger partial charge in [0, 0.05) is 11.9 Å². The smallest absolute Gasteiger partial charge is 0.311 e. The number of aromatic amines is 1. The minimum absolute atomic E-state index is 0.197. The monoisotopic (exact) mass is 182 g/mol. The Morgan fingerprint density at radius 3 is 3.15 bits per heavy atom. The predicted octanol–water partition coefficient (Wildman–Crippen LogP) is 1.30. The van der Waals surface area contributed by atoms with Crippen molar-refractivity contribution >= 4 is 5.97 Å². The number of H-pyrrole nitrogens is 1. The largest absolute Gasteiger partial charge is 0.465 e. The summed E-state index contributed by atoms with van der Waals surface area (Å²) in [4.78, 5) is 17.8. The van der Waals surface area contributed by atoms with Gasteiger partial charge in [0.2, 0.25) is 0 Å². The van der Waals surface area contributed by atoms with E-state index in [1.54, 1.807) is 12.5 Å². The van der Waals surface area contributed by atoms with Gasteiger partial charge in [-0.2, -0.15) is 0 Å². The molecule has 0 aliphatic heterocycles. The lowest BCUT2D eigenvalue weighted by Crippen LogP contribution is -2.09. The third-order valence-corrected chi connectivity index (χ3v) is 1.65. The zero-order chi connectivity index (χ0) is 9.52. The van der Waals surface area contributed by atoms with Gasteiger partial charge in [0.1, 0.15) is 0 Å². The lowest BCUT2D eigenvalue weighted by molar-refractivity contribution is -0.142. The number of hydrogen-bond acceptors (Lipinski definition) is 3. The fraction of sp³-hybridized carbons (Fsp3) is 0.556. The first-order valence-corrected chi connectivity index (χ1v) is 4.45. The van der Waals surface area contributed by atoms with E-state index in [0.717, 1.165) is 18.5 Å². The molecule has 4 heteroatoms. The number of carbonyl (C=O) groups excluding carboxylic acids is 1. The Labute approximate surface area is 77.3 Å². The van der Waals surface area contributed by atoms with Crippen molar-refractivity contribution in [3.05, 3.63) is 18.2 Å². The number of imidazole rings is 1. The van der Waals surface area contributed by atoms with Crippen molar-refractivity contribution in [2.75, 3.05) is 6.61 Å². The second-order valence-corrected chi connectivity index (χ2v) is 2.83. The summed E-state index contributed by atoms with van der Waals surface area (Å²) in [5, 5.41) is 0. The Morgan fingerprint density at radius 1 is 1.69 bits per heavy atom. The molecular formula is C9H14N2O2. The number of nitrogens with zero attached hydrogens (tertiary/aromatic N) is 1. The summed E-state index contributed by atoms with van der Waals surface area (Å²) < 4.78 is 4.97. The number of carbonyl (C=O) groups is 1. The highest BCUT2D eigenvalue weighted by Crippen LogP contribution is 1.96. The quantitative estimate of drug-likeness (QED) is 0.551. The highest BCUT2D eigenvalue weighted by atomic mass is 16.5. The van der Waals surface area contributed by atoms with Gasteiger partial charge in [0.15, 0.2) is 0 Å². The molecule has 4 nitrogen and oxygen atoms in total. The zero-order valence-corrected chi connectivity index (χ0v) is 7.75. The molecule has 13 heavy (non-hydrogen) atoms. The third-order valence-electron chi connectivity index (χ3n) is 1.65. The fourth-order valence-electron chi connectivity index (χ4n) is 0.918. The van der Waals surface area contributed by atoms with E-state index in [2.05, 4.69) is 16.9 Å². The molecule has 0 aliphatic rings. The molecule has 1 N–H and O–H groups in total. The van der Waals surface area contributed by atoms with Crippen molar-refractivity contribution in [3.8, 4) is 0 Å². The van der Waals surface area contributed by atoms with E-state index < -0.39 is 0 Å². The second kappa shape index (κ2) is 5.35. The summed E-state index contributed by atoms with van der Waals surface area (Å²) in [6.07, 6.45) is 5.42. The van der Waals surface area contributed by atoms with Crippen LogP contribution in [0.5, 0.6) is 0 Å². The van der Waals surface area contributed by atoms with Gasteiger partial charge in [-0.1, -0.05) is 13.3 Å². The van der Waals surface area contributed by atoms with Gasteiger partial charge in [-0.05, 0) is 6.42 Å². The molecule has 0 amide bonds. The fourth-order valence-corrected chi connectivity index (χ4v) is 0.918. The van der Waals surface area contributed by atoms with Crippen molar-refractivity contribution < 1.29 is 9.53 Å². The van der Waals surface area contributed by atoms with Crippen molar-refractivity contribution in [1.82, 2.24) is 9.97 Å². The van der Waals surface area contributed by atoms with E-state index in [-0.39, 0.29) is 12.4 Å². The van der Waals surface area contributed by atoms with Crippen LogP contribution in [0.1, 0.15) is 25.5 Å². The van der Waals surface area contributed by atoms with Gasteiger partial charge < -0.3 is 9.72 Å². The summed E-state index contributed by atoms with van der Waals surface area (Å²) in [5.74, 6) is -0.197. The molecule has 0 bridgehead atoms. The molecule has 1 heterocycles. The Kier molecular flexibility index (Phi) is 4.02. The maximum atomic E-state index is 11.1. The Hall–Kier alpha value is -1.32. The van der Waals surface area contributed by atoms with E-state index in [0.29, 0.717) is 6.61 Å². The van der Waals surface area contributed by atoms with Crippen LogP contribution < -0.4 is 0 Å². The maximum Gasteiger partial charge on any atom is 0.311 e. The average molecular weight is 182 g/mol. The molecule has 0 saturated heterocycles. The number of unbranched alkanes of at least 4 members (excludes halogenated alkanes) is 1. The standard InChI is InChI=1S/C9H14N2O2/c1-2-3-4-13-9(12)5-8-6-10-7-11-8/h6-7H,2-5H2,1H3,(H,10,11). The number of ether oxygens (including phenoxy) is 1. The Morgan fingerprint density at radius 2 is 2.54 bits per heavy atom. The number of rotatable bonds is 5. The van der Waals surface area contributed by atoms with Gasteiger partial charge in [-0.15, -0.1) is 0 Å². The molecule has 0 atom stereocenters. The molecule has 72 valence electrons. The minimum Gasteiger partial charge on any atom is -0.465 e. The molecule has 1 aromatic rings. The van der Waals surface area contributed by atoms with Crippen LogP contribution in [0.4, 0.5) is 0 Å². The Balaban J connectivity index is 2.18. The molecular weight excluding hydrogens is 168 g/mol. The number of hydrogen-bond donors (Lipinski definition) is 1. The van der Waals surface area contributed by atoms with Crippen LogP contribution in [0.15, 0.2) is 12.5 Å². The van der Waals surface area contributed by atoms with Gasteiger partial charge >= 0.3 is 5.97 Å². The lowest BCUT2D eigenvalue weighted by Gasteiger charge is -2.01. The minimum atomic E-state index is -0.197. The van der Waals surface area contributed by atoms with Gasteiger partial charge in [0.05, 0.1) is 19.4 Å². The van der Waals surface area contributed by atoms with E-state index in [1.807, 2.05) is 0 Å². The first-order valence-electron chi connectivity index (χ1n) is 4.45. The number of aromatic nitrogens is 2. The summed E-state index contributed by atoms with van der Waals surface area (Å²) >= 11 is 0. The van der Waals surface area contributed by atoms with Crippen LogP contribution in [0.2, 0.25) is 0 Å². The highest BCUT2D eigenvalue weighted by molar-refractivity contribution is 5.71. The summed E-state index contributed by atoms with van der Waals surface area (Å²) in [7, 11) is 0. The third kappa shape index (κ3) is 3.73. The van der Waals surface area contributed by atoms with E-state index in [9.17, 15) is 4.79 Å². The van der Waals surface area contributed by atoms with E-state index >= 15 is 0 Å². The lowest BCUT2D eigenvalue weighted by atomic mass is 10.3. The summed E-state index contributed by atoms with van der Waals surface area (Å²) in [5.41, 5.74) is 0.793. The molecule has 1 rings (SSSR count). The van der Waals surface area contributed by atoms with Crippen LogP contribution in [0.25, 0.3) is 0 Å². The predicted molar refractivity (Wildman–Crippen MR) is 48.2 cm³/mol. The first kappa shape index (κ1) is 9.77. The van der Waals surface area contributed by atoms with Crippen LogP contribution in [-0.2, 0) is 16.0 Å². The Bertz CT molecular complexity index is 244. The number of esters is 1. The van der Waals surface area contributed by atoms with Crippen LogP contribution in [-0.4, -0.2) is 22.5 Å². The summed E-state index contributed by atoms with van der Waals surface area (Å²) in [6.45, 7) is 2.58. The SMILES string of the molecule is CCCCOC(=O)Cc1cnc[nH]1. The molecule has 0 fully saturated rings. The van der Waals surface area contributed by atoms with Crippen LogP contribution in [0, 0.1) is 0 Å². The topological polar surface area (TPSA) is 55.0 Å². The molecule has 0 unspecified atom stereocenters. The molecule has 0 radical (unpaired) electrons. The zero-order valence-electron chi connectivity index (χ0n) is 7.75. The first-order chi connectivity index (χ1) is 6.33. The summed E-state index contributed by atoms with van der Waals surface area (Å²) in [6, 6.07) is 0. The molecule has 0 spiro atoms. The molecule has 0 aromatic carbocycles. The van der Waals surface area contributed by atoms with Crippen molar-refractivity contribution in [1.29, 1.82) is 0 Å². The molecule has 0 saturated carbocycles. The maximum absolute atomic E-state index is 11.1. The van der Waals surface area contributed by atoms with Crippen molar-refractivity contribution in [2.45, 2.75) is 26.2 Å². The van der Waals surface area contributed by atoms with Crippen molar-refractivity contribution in [2.24, 2.45) is 0 Å². The van der Waals surface area contributed by atoms with E-state index in [1.165, 1.54) is 0 Å². The molecule has 0 aliphatic carbocycles. The highest BCUT2D eigenvalue weighted by Gasteiger charge is 2.04. The average Bonchev–Trinajstić information content (AvgIpc) is 2.57. The van der Waals surface area contributed by atoms with Gasteiger partial charge in [-0.3, -0.25) is 4.79 Å². The molecule has 1 aromatic heterocycles. The van der Waals surface area contributed by atoms with Gasteiger partial charge in [-0.25, -0.2) is 4.98 Å². The normalized spacial score (nSPS) is 9.92. The second-order valence-electron chi connectivity index (χ2n) is 2.83. The van der Waals surface area contributed by atoms with E-state index in [4.69, 9.17) is 4.74 Å². The van der Waals surface area contributed by atoms with Gasteiger partial charge in [0.25, 0.3) is 0 Å². The number of nitrogens with one attached hydrogen (secondary N) is 1. The van der Waals surface area contributed by atoms with Crippen LogP contribution >= 0.6 is 0 Å². The van der Waals surface area contributed by atoms with Crippen LogP contribution in [0.3, 0.4) is 0 Å². The van der Waals surface area contributed by atoms with Crippen molar-refractivity contribution in [3.63, 3.8) is 0 Å².